The standard InChI is InChI=1S/C42H50N10O4S/c1-25-13-14-30(22-33(25)39(55)49-42-46-27(3)29(5)57-42)43-17-9-8-12-36(54)51-20-18-50(19-21-51)32-15-16-35(44-23-32)47-41-45-24-34-26(2)37(28(4)53)40(56)52(38(34)48-41)31-10-6-7-11-31/h13-16,22-24,31,43H,6-12,17-21H2,1-5H3,(H,46,49,55)(H,44,45,47,48). The van der Waals surface area contributed by atoms with Gasteiger partial charge in [0.1, 0.15) is 11.5 Å². The number of rotatable bonds is 13. The molecule has 1 aromatic carbocycles. The fraction of sp³-hybridized carbons (Fsp3) is 0.429. The highest BCUT2D eigenvalue weighted by molar-refractivity contribution is 7.15. The van der Waals surface area contributed by atoms with E-state index in [0.717, 1.165) is 66.0 Å². The molecule has 0 bridgehead atoms. The first-order valence-electron chi connectivity index (χ1n) is 19.7. The van der Waals surface area contributed by atoms with Crippen LogP contribution in [0.25, 0.3) is 11.0 Å². The molecular formula is C42H50N10O4S. The van der Waals surface area contributed by atoms with Gasteiger partial charge >= 0.3 is 0 Å². The highest BCUT2D eigenvalue weighted by Gasteiger charge is 2.26. The number of piperazine rings is 1. The van der Waals surface area contributed by atoms with Crippen molar-refractivity contribution in [3.05, 3.63) is 85.9 Å². The molecule has 4 aromatic heterocycles. The molecule has 5 aromatic rings. The Morgan fingerprint density at radius 3 is 2.37 bits per heavy atom. The summed E-state index contributed by atoms with van der Waals surface area (Å²) in [6.07, 6.45) is 9.39. The summed E-state index contributed by atoms with van der Waals surface area (Å²) < 4.78 is 1.70. The van der Waals surface area contributed by atoms with E-state index in [1.54, 1.807) is 23.9 Å². The zero-order valence-electron chi connectivity index (χ0n) is 33.3. The van der Waals surface area contributed by atoms with Crippen molar-refractivity contribution in [3.8, 4) is 0 Å². The minimum absolute atomic E-state index is 0.00296. The highest BCUT2D eigenvalue weighted by Crippen LogP contribution is 2.32. The molecule has 0 radical (unpaired) electrons. The molecular weight excluding hydrogens is 741 g/mol. The van der Waals surface area contributed by atoms with Crippen LogP contribution in [0.2, 0.25) is 0 Å². The number of anilines is 5. The van der Waals surface area contributed by atoms with E-state index in [0.29, 0.717) is 78.2 Å². The summed E-state index contributed by atoms with van der Waals surface area (Å²) in [6.45, 7) is 12.5. The van der Waals surface area contributed by atoms with Crippen molar-refractivity contribution in [1.29, 1.82) is 0 Å². The van der Waals surface area contributed by atoms with Gasteiger partial charge in [-0.1, -0.05) is 18.9 Å². The van der Waals surface area contributed by atoms with Crippen molar-refractivity contribution in [2.24, 2.45) is 0 Å². The summed E-state index contributed by atoms with van der Waals surface area (Å²) in [4.78, 5) is 75.6. The van der Waals surface area contributed by atoms with Crippen LogP contribution in [0.3, 0.4) is 0 Å². The van der Waals surface area contributed by atoms with Crippen LogP contribution in [0.4, 0.5) is 28.3 Å². The number of hydrogen-bond donors (Lipinski definition) is 3. The Labute approximate surface area is 336 Å². The van der Waals surface area contributed by atoms with Crippen LogP contribution in [0, 0.1) is 27.7 Å². The average molecular weight is 791 g/mol. The van der Waals surface area contributed by atoms with Crippen molar-refractivity contribution < 1.29 is 14.4 Å². The third kappa shape index (κ3) is 8.83. The summed E-state index contributed by atoms with van der Waals surface area (Å²) in [7, 11) is 0. The molecule has 57 heavy (non-hydrogen) atoms. The fourth-order valence-electron chi connectivity index (χ4n) is 7.74. The topological polar surface area (TPSA) is 167 Å². The minimum Gasteiger partial charge on any atom is -0.385 e. The number of thiazole rings is 1. The van der Waals surface area contributed by atoms with Crippen molar-refractivity contribution in [1.82, 2.24) is 29.4 Å². The molecule has 0 unspecified atom stereocenters. The molecule has 15 heteroatoms. The fourth-order valence-corrected chi connectivity index (χ4v) is 8.55. The molecule has 0 atom stereocenters. The first kappa shape index (κ1) is 39.5. The number of amides is 2. The SMILES string of the molecule is CC(=O)c1c(C)c2cnc(Nc3ccc(N4CCN(C(=O)CCCCNc5ccc(C)c(C(=O)Nc6nc(C)c(C)s6)c5)CC4)cn3)nc2n(C2CCCC2)c1=O. The molecule has 14 nitrogen and oxygen atoms in total. The Bertz CT molecular complexity index is 2340. The number of hydrogen-bond acceptors (Lipinski definition) is 12. The highest BCUT2D eigenvalue weighted by atomic mass is 32.1. The molecule has 1 aliphatic heterocycles. The lowest BCUT2D eigenvalue weighted by Gasteiger charge is -2.36. The van der Waals surface area contributed by atoms with Gasteiger partial charge in [-0.05, 0) is 95.7 Å². The summed E-state index contributed by atoms with van der Waals surface area (Å²) in [6, 6.07) is 9.64. The Morgan fingerprint density at radius 2 is 1.68 bits per heavy atom. The number of unbranched alkanes of at least 4 members (excludes halogenated alkanes) is 1. The zero-order valence-corrected chi connectivity index (χ0v) is 34.1. The molecule has 1 saturated carbocycles. The monoisotopic (exact) mass is 790 g/mol. The number of nitrogens with one attached hydrogen (secondary N) is 3. The molecule has 2 fully saturated rings. The smallest absolute Gasteiger partial charge is 0.263 e. The molecule has 3 N–H and O–H groups in total. The predicted octanol–water partition coefficient (Wildman–Crippen LogP) is 7.12. The van der Waals surface area contributed by atoms with Crippen LogP contribution in [-0.2, 0) is 4.79 Å². The van der Waals surface area contributed by atoms with Crippen LogP contribution in [0.15, 0.2) is 47.5 Å². The molecule has 1 saturated heterocycles. The van der Waals surface area contributed by atoms with Crippen molar-refractivity contribution in [2.75, 3.05) is 53.6 Å². The molecule has 1 aliphatic carbocycles. The van der Waals surface area contributed by atoms with Gasteiger partial charge in [0, 0.05) is 72.9 Å². The summed E-state index contributed by atoms with van der Waals surface area (Å²) in [5, 5.41) is 10.8. The number of pyridine rings is 2. The second-order valence-electron chi connectivity index (χ2n) is 15.0. The van der Waals surface area contributed by atoms with Gasteiger partial charge in [-0.3, -0.25) is 29.1 Å². The maximum Gasteiger partial charge on any atom is 0.263 e. The van der Waals surface area contributed by atoms with Crippen LogP contribution in [-0.4, -0.2) is 79.7 Å². The maximum absolute atomic E-state index is 13.5. The van der Waals surface area contributed by atoms with E-state index in [-0.39, 0.29) is 34.8 Å². The number of carbonyl (C=O) groups is 3. The predicted molar refractivity (Wildman–Crippen MR) is 225 cm³/mol. The zero-order chi connectivity index (χ0) is 40.2. The van der Waals surface area contributed by atoms with Crippen molar-refractivity contribution in [3.63, 3.8) is 0 Å². The summed E-state index contributed by atoms with van der Waals surface area (Å²) in [5.41, 5.74) is 5.31. The van der Waals surface area contributed by atoms with Gasteiger partial charge in [0.15, 0.2) is 10.9 Å². The number of benzene rings is 1. The number of Topliss-reactive ketones (excluding diaryl/α,β-unsaturated/α-hetero) is 1. The molecule has 2 amide bonds. The maximum atomic E-state index is 13.5. The Hall–Kier alpha value is -5.70. The minimum atomic E-state index is -0.281. The van der Waals surface area contributed by atoms with E-state index in [9.17, 15) is 19.2 Å². The van der Waals surface area contributed by atoms with Gasteiger partial charge in [-0.2, -0.15) is 4.98 Å². The molecule has 0 spiro atoms. The van der Waals surface area contributed by atoms with E-state index >= 15 is 0 Å². The van der Waals surface area contributed by atoms with Crippen LogP contribution >= 0.6 is 11.3 Å². The average Bonchev–Trinajstić information content (AvgIpc) is 3.84. The lowest BCUT2D eigenvalue weighted by atomic mass is 10.0. The number of aryl methyl sites for hydroxylation is 4. The van der Waals surface area contributed by atoms with Gasteiger partial charge in [0.2, 0.25) is 11.9 Å². The van der Waals surface area contributed by atoms with Gasteiger partial charge in [0.25, 0.3) is 11.5 Å². The number of aromatic nitrogens is 5. The van der Waals surface area contributed by atoms with Crippen LogP contribution < -0.4 is 26.4 Å². The molecule has 298 valence electrons. The lowest BCUT2D eigenvalue weighted by Crippen LogP contribution is -2.48. The third-order valence-electron chi connectivity index (χ3n) is 11.1. The van der Waals surface area contributed by atoms with E-state index < -0.39 is 0 Å². The number of fused-ring (bicyclic) bond motifs is 1. The first-order valence-corrected chi connectivity index (χ1v) is 20.6. The molecule has 5 heterocycles. The quantitative estimate of drug-likeness (QED) is 0.0821. The van der Waals surface area contributed by atoms with Gasteiger partial charge in [-0.25, -0.2) is 15.0 Å². The number of nitrogens with zero attached hydrogens (tertiary/aromatic N) is 7. The van der Waals surface area contributed by atoms with Gasteiger partial charge in [-0.15, -0.1) is 11.3 Å². The van der Waals surface area contributed by atoms with Crippen molar-refractivity contribution in [2.45, 2.75) is 85.6 Å². The number of carbonyl (C=O) groups excluding carboxylic acids is 3. The number of ketones is 1. The summed E-state index contributed by atoms with van der Waals surface area (Å²) >= 11 is 1.47. The van der Waals surface area contributed by atoms with Crippen LogP contribution in [0.1, 0.15) is 100 Å². The molecule has 7 rings (SSSR count). The van der Waals surface area contributed by atoms with E-state index in [2.05, 4.69) is 35.8 Å². The van der Waals surface area contributed by atoms with E-state index in [1.165, 1.54) is 18.3 Å². The van der Waals surface area contributed by atoms with Crippen molar-refractivity contribution >= 4 is 68.2 Å². The normalized spacial score (nSPS) is 14.6. The second kappa shape index (κ2) is 17.2. The largest absolute Gasteiger partial charge is 0.385 e. The Morgan fingerprint density at radius 1 is 0.912 bits per heavy atom. The van der Waals surface area contributed by atoms with E-state index in [1.807, 2.05) is 56.0 Å². The van der Waals surface area contributed by atoms with Crippen LogP contribution in [0.5, 0.6) is 0 Å². The Balaban J connectivity index is 0.873. The van der Waals surface area contributed by atoms with E-state index in [4.69, 9.17) is 4.98 Å². The summed E-state index contributed by atoms with van der Waals surface area (Å²) in [5.74, 6) is 0.633. The van der Waals surface area contributed by atoms with Gasteiger partial charge in [0.05, 0.1) is 23.1 Å². The second-order valence-corrected chi connectivity index (χ2v) is 16.2. The van der Waals surface area contributed by atoms with Gasteiger partial charge < -0.3 is 20.4 Å². The molecule has 2 aliphatic rings. The Kier molecular flexibility index (Phi) is 11.9. The lowest BCUT2D eigenvalue weighted by molar-refractivity contribution is -0.131. The third-order valence-corrected chi connectivity index (χ3v) is 12.1. The first-order chi connectivity index (χ1) is 27.5.